The number of aliphatic hydroxyl groups is 1. The molecule has 1 atom stereocenters. The highest BCUT2D eigenvalue weighted by molar-refractivity contribution is 5.97. The van der Waals surface area contributed by atoms with Crippen LogP contribution in [0, 0.1) is 5.82 Å². The van der Waals surface area contributed by atoms with E-state index in [2.05, 4.69) is 0 Å². The third-order valence-electron chi connectivity index (χ3n) is 3.04. The molecule has 4 nitrogen and oxygen atoms in total. The van der Waals surface area contributed by atoms with E-state index < -0.39 is 11.7 Å². The first-order valence-corrected chi connectivity index (χ1v) is 5.54. The largest absolute Gasteiger partial charge is 0.507 e. The molecule has 92 valence electrons. The molecule has 5 heteroatoms. The summed E-state index contributed by atoms with van der Waals surface area (Å²) in [6.07, 6.45) is 1.55. The van der Waals surface area contributed by atoms with E-state index in [-0.39, 0.29) is 24.0 Å². The molecule has 1 aromatic rings. The van der Waals surface area contributed by atoms with Gasteiger partial charge < -0.3 is 15.1 Å². The lowest BCUT2D eigenvalue weighted by atomic mass is 10.1. The Hall–Kier alpha value is -1.62. The summed E-state index contributed by atoms with van der Waals surface area (Å²) >= 11 is 0. The minimum absolute atomic E-state index is 0.0506. The van der Waals surface area contributed by atoms with Crippen molar-refractivity contribution in [2.24, 2.45) is 0 Å². The smallest absolute Gasteiger partial charge is 0.258 e. The van der Waals surface area contributed by atoms with Gasteiger partial charge in [0.25, 0.3) is 5.91 Å². The molecule has 1 amide bonds. The number of amides is 1. The Balaban J connectivity index is 2.27. The second-order valence-corrected chi connectivity index (χ2v) is 4.14. The highest BCUT2D eigenvalue weighted by atomic mass is 19.1. The third-order valence-corrected chi connectivity index (χ3v) is 3.04. The van der Waals surface area contributed by atoms with Crippen LogP contribution in [-0.4, -0.2) is 40.2 Å². The Morgan fingerprint density at radius 3 is 3.00 bits per heavy atom. The zero-order valence-corrected chi connectivity index (χ0v) is 9.27. The van der Waals surface area contributed by atoms with Crippen molar-refractivity contribution in [3.05, 3.63) is 29.6 Å². The molecule has 0 saturated carbocycles. The highest BCUT2D eigenvalue weighted by Crippen LogP contribution is 2.24. The first kappa shape index (κ1) is 11.9. The number of carbonyl (C=O) groups is 1. The average Bonchev–Trinajstić information content (AvgIpc) is 2.79. The molecular weight excluding hydrogens is 225 g/mol. The second kappa shape index (κ2) is 4.71. The predicted molar refractivity (Wildman–Crippen MR) is 59.2 cm³/mol. The standard InChI is InChI=1S/C12H14FNO3/c13-8-3-4-11(16)10(6-8)12(17)14-5-1-2-9(14)7-15/h3-4,6,9,15-16H,1-2,5,7H2/t9-/m1/s1. The van der Waals surface area contributed by atoms with Crippen molar-refractivity contribution in [2.75, 3.05) is 13.2 Å². The minimum Gasteiger partial charge on any atom is -0.507 e. The van der Waals surface area contributed by atoms with Gasteiger partial charge >= 0.3 is 0 Å². The lowest BCUT2D eigenvalue weighted by Crippen LogP contribution is -2.37. The van der Waals surface area contributed by atoms with E-state index in [1.165, 1.54) is 4.90 Å². The summed E-state index contributed by atoms with van der Waals surface area (Å²) in [5.41, 5.74) is -0.0506. The summed E-state index contributed by atoms with van der Waals surface area (Å²) in [6.45, 7) is 0.418. The van der Waals surface area contributed by atoms with E-state index in [0.717, 1.165) is 31.0 Å². The van der Waals surface area contributed by atoms with Crippen LogP contribution in [0.3, 0.4) is 0 Å². The Morgan fingerprint density at radius 1 is 1.53 bits per heavy atom. The average molecular weight is 239 g/mol. The number of phenols is 1. The van der Waals surface area contributed by atoms with E-state index in [1.54, 1.807) is 0 Å². The summed E-state index contributed by atoms with van der Waals surface area (Å²) in [4.78, 5) is 13.6. The molecule has 2 N–H and O–H groups in total. The summed E-state index contributed by atoms with van der Waals surface area (Å²) in [5, 5.41) is 18.7. The number of benzene rings is 1. The number of carbonyl (C=O) groups excluding carboxylic acids is 1. The summed E-state index contributed by atoms with van der Waals surface area (Å²) in [5.74, 6) is -1.23. The van der Waals surface area contributed by atoms with Crippen molar-refractivity contribution in [3.63, 3.8) is 0 Å². The number of hydrogen-bond donors (Lipinski definition) is 2. The quantitative estimate of drug-likeness (QED) is 0.813. The van der Waals surface area contributed by atoms with Crippen LogP contribution < -0.4 is 0 Å². The SMILES string of the molecule is O=C(c1cc(F)ccc1O)N1CCC[C@@H]1CO. The predicted octanol–water partition coefficient (Wildman–Crippen LogP) is 1.13. The molecule has 1 aliphatic heterocycles. The maximum absolute atomic E-state index is 13.0. The first-order valence-electron chi connectivity index (χ1n) is 5.54. The molecule has 0 bridgehead atoms. The maximum Gasteiger partial charge on any atom is 0.258 e. The summed E-state index contributed by atoms with van der Waals surface area (Å²) in [7, 11) is 0. The Kier molecular flexibility index (Phi) is 3.28. The first-order chi connectivity index (χ1) is 8.13. The molecule has 0 spiro atoms. The van der Waals surface area contributed by atoms with E-state index in [1.807, 2.05) is 0 Å². The van der Waals surface area contributed by atoms with Crippen LogP contribution >= 0.6 is 0 Å². The van der Waals surface area contributed by atoms with Crippen LogP contribution in [0.4, 0.5) is 4.39 Å². The van der Waals surface area contributed by atoms with Crippen molar-refractivity contribution < 1.29 is 19.4 Å². The third kappa shape index (κ3) is 2.24. The zero-order chi connectivity index (χ0) is 12.4. The minimum atomic E-state index is -0.564. The Labute approximate surface area is 98.3 Å². The molecule has 1 saturated heterocycles. The monoisotopic (exact) mass is 239 g/mol. The molecule has 0 aromatic heterocycles. The molecule has 17 heavy (non-hydrogen) atoms. The van der Waals surface area contributed by atoms with Gasteiger partial charge in [0.05, 0.1) is 18.2 Å². The van der Waals surface area contributed by atoms with Gasteiger partial charge in [0.15, 0.2) is 0 Å². The van der Waals surface area contributed by atoms with Crippen LogP contribution in [0.2, 0.25) is 0 Å². The topological polar surface area (TPSA) is 60.8 Å². The highest BCUT2D eigenvalue weighted by Gasteiger charge is 2.30. The van der Waals surface area contributed by atoms with Gasteiger partial charge in [-0.25, -0.2) is 4.39 Å². The zero-order valence-electron chi connectivity index (χ0n) is 9.27. The van der Waals surface area contributed by atoms with Gasteiger partial charge in [0.1, 0.15) is 11.6 Å². The van der Waals surface area contributed by atoms with Crippen LogP contribution in [0.5, 0.6) is 5.75 Å². The fourth-order valence-corrected chi connectivity index (χ4v) is 2.13. The van der Waals surface area contributed by atoms with E-state index in [4.69, 9.17) is 5.11 Å². The van der Waals surface area contributed by atoms with Gasteiger partial charge in [-0.3, -0.25) is 4.79 Å². The number of aromatic hydroxyl groups is 1. The maximum atomic E-state index is 13.0. The Bertz CT molecular complexity index is 436. The molecule has 1 fully saturated rings. The van der Waals surface area contributed by atoms with Crippen molar-refractivity contribution in [1.29, 1.82) is 0 Å². The number of rotatable bonds is 2. The van der Waals surface area contributed by atoms with Crippen LogP contribution in [0.15, 0.2) is 18.2 Å². The van der Waals surface area contributed by atoms with Gasteiger partial charge in [-0.05, 0) is 31.0 Å². The molecule has 1 aromatic carbocycles. The lowest BCUT2D eigenvalue weighted by Gasteiger charge is -2.23. The molecule has 1 heterocycles. The Morgan fingerprint density at radius 2 is 2.29 bits per heavy atom. The van der Waals surface area contributed by atoms with E-state index in [9.17, 15) is 14.3 Å². The number of aliphatic hydroxyl groups excluding tert-OH is 1. The molecule has 1 aliphatic rings. The fraction of sp³-hybridized carbons (Fsp3) is 0.417. The van der Waals surface area contributed by atoms with Crippen LogP contribution in [0.1, 0.15) is 23.2 Å². The molecular formula is C12H14FNO3. The number of phenolic OH excluding ortho intramolecular Hbond substituents is 1. The molecule has 0 radical (unpaired) electrons. The van der Waals surface area contributed by atoms with E-state index >= 15 is 0 Å². The summed E-state index contributed by atoms with van der Waals surface area (Å²) < 4.78 is 13.0. The summed E-state index contributed by atoms with van der Waals surface area (Å²) in [6, 6.07) is 3.04. The van der Waals surface area contributed by atoms with Crippen molar-refractivity contribution in [3.8, 4) is 5.75 Å². The molecule has 0 unspecified atom stereocenters. The van der Waals surface area contributed by atoms with Crippen molar-refractivity contribution in [2.45, 2.75) is 18.9 Å². The van der Waals surface area contributed by atoms with Gasteiger partial charge in [-0.15, -0.1) is 0 Å². The van der Waals surface area contributed by atoms with Gasteiger partial charge in [0.2, 0.25) is 0 Å². The normalized spacial score (nSPS) is 19.6. The fourth-order valence-electron chi connectivity index (χ4n) is 2.13. The van der Waals surface area contributed by atoms with Gasteiger partial charge in [0, 0.05) is 6.54 Å². The van der Waals surface area contributed by atoms with Crippen LogP contribution in [-0.2, 0) is 0 Å². The van der Waals surface area contributed by atoms with Crippen molar-refractivity contribution >= 4 is 5.91 Å². The number of halogens is 1. The number of hydrogen-bond acceptors (Lipinski definition) is 3. The molecule has 2 rings (SSSR count). The number of likely N-dealkylation sites (tertiary alicyclic amines) is 1. The van der Waals surface area contributed by atoms with Gasteiger partial charge in [-0.1, -0.05) is 0 Å². The molecule has 0 aliphatic carbocycles. The van der Waals surface area contributed by atoms with Crippen LogP contribution in [0.25, 0.3) is 0 Å². The number of nitrogens with zero attached hydrogens (tertiary/aromatic N) is 1. The van der Waals surface area contributed by atoms with E-state index in [0.29, 0.717) is 6.54 Å². The van der Waals surface area contributed by atoms with Crippen molar-refractivity contribution in [1.82, 2.24) is 4.90 Å². The van der Waals surface area contributed by atoms with Gasteiger partial charge in [-0.2, -0.15) is 0 Å². The lowest BCUT2D eigenvalue weighted by molar-refractivity contribution is 0.0674. The second-order valence-electron chi connectivity index (χ2n) is 4.14.